The number of nitrogen functional groups attached to an aromatic ring is 1. The summed E-state index contributed by atoms with van der Waals surface area (Å²) in [6.07, 6.45) is 0.882. The molecule has 0 aliphatic rings. The smallest absolute Gasteiger partial charge is 0.222 e. The highest BCUT2D eigenvalue weighted by atomic mass is 32.2. The lowest BCUT2D eigenvalue weighted by Gasteiger charge is -1.99. The Kier molecular flexibility index (Phi) is 4.21. The molecule has 0 unspecified atom stereocenters. The lowest BCUT2D eigenvalue weighted by atomic mass is 10.2. The van der Waals surface area contributed by atoms with E-state index in [1.54, 1.807) is 27.7 Å². The molecule has 5 nitrogen and oxygen atoms in total. The summed E-state index contributed by atoms with van der Waals surface area (Å²) < 4.78 is 1.78. The van der Waals surface area contributed by atoms with Crippen LogP contribution >= 0.6 is 23.1 Å². The fourth-order valence-electron chi connectivity index (χ4n) is 1.86. The molecule has 7 heteroatoms. The van der Waals surface area contributed by atoms with E-state index in [9.17, 15) is 0 Å². The van der Waals surface area contributed by atoms with Crippen LogP contribution in [0.4, 0.5) is 5.95 Å². The Bertz CT molecular complexity index is 720. The monoisotopic (exact) mass is 317 g/mol. The summed E-state index contributed by atoms with van der Waals surface area (Å²) in [7, 11) is 1.86. The van der Waals surface area contributed by atoms with Crippen LogP contribution in [0.2, 0.25) is 0 Å². The lowest BCUT2D eigenvalue weighted by Crippen LogP contribution is -1.98. The summed E-state index contributed by atoms with van der Waals surface area (Å²) >= 11 is 3.29. The van der Waals surface area contributed by atoms with E-state index in [-0.39, 0.29) is 0 Å². The SMILES string of the molecule is Cn1c(N)nnc1SCc1csc(Cc2ccccc2)n1. The maximum absolute atomic E-state index is 5.66. The molecule has 1 aromatic carbocycles. The molecule has 0 radical (unpaired) electrons. The Hall–Kier alpha value is -1.86. The van der Waals surface area contributed by atoms with Gasteiger partial charge >= 0.3 is 0 Å². The number of hydrogen-bond acceptors (Lipinski definition) is 6. The van der Waals surface area contributed by atoms with Crippen molar-refractivity contribution >= 4 is 29.0 Å². The fourth-order valence-corrected chi connectivity index (χ4v) is 3.60. The molecule has 2 N–H and O–H groups in total. The second-order valence-corrected chi connectivity index (χ2v) is 6.47. The van der Waals surface area contributed by atoms with Gasteiger partial charge in [0.05, 0.1) is 10.7 Å². The first kappa shape index (κ1) is 14.1. The van der Waals surface area contributed by atoms with Crippen LogP contribution < -0.4 is 5.73 Å². The molecule has 3 rings (SSSR count). The molecule has 2 heterocycles. The third kappa shape index (κ3) is 3.43. The zero-order chi connectivity index (χ0) is 14.7. The van der Waals surface area contributed by atoms with Crippen molar-refractivity contribution in [3.63, 3.8) is 0 Å². The summed E-state index contributed by atoms with van der Waals surface area (Å²) in [4.78, 5) is 4.67. The van der Waals surface area contributed by atoms with E-state index >= 15 is 0 Å². The number of thioether (sulfide) groups is 1. The maximum Gasteiger partial charge on any atom is 0.222 e. The van der Waals surface area contributed by atoms with E-state index in [2.05, 4.69) is 44.8 Å². The summed E-state index contributed by atoms with van der Waals surface area (Å²) in [6, 6.07) is 10.4. The van der Waals surface area contributed by atoms with Gasteiger partial charge in [0, 0.05) is 24.6 Å². The van der Waals surface area contributed by atoms with E-state index in [4.69, 9.17) is 5.73 Å². The molecule has 0 amide bonds. The molecule has 2 aromatic heterocycles. The highest BCUT2D eigenvalue weighted by Crippen LogP contribution is 2.23. The van der Waals surface area contributed by atoms with Crippen molar-refractivity contribution in [3.8, 4) is 0 Å². The van der Waals surface area contributed by atoms with E-state index < -0.39 is 0 Å². The van der Waals surface area contributed by atoms with Gasteiger partial charge in [-0.15, -0.1) is 21.5 Å². The van der Waals surface area contributed by atoms with Crippen LogP contribution in [0, 0.1) is 0 Å². The first-order chi connectivity index (χ1) is 10.2. The Morgan fingerprint density at radius 2 is 2.05 bits per heavy atom. The van der Waals surface area contributed by atoms with Gasteiger partial charge in [-0.25, -0.2) is 4.98 Å². The van der Waals surface area contributed by atoms with Gasteiger partial charge in [0.2, 0.25) is 5.95 Å². The summed E-state index contributed by atoms with van der Waals surface area (Å²) in [6.45, 7) is 0. The number of nitrogens with zero attached hydrogens (tertiary/aromatic N) is 4. The van der Waals surface area contributed by atoms with Crippen LogP contribution in [-0.4, -0.2) is 19.7 Å². The van der Waals surface area contributed by atoms with Gasteiger partial charge in [-0.3, -0.25) is 4.57 Å². The third-order valence-corrected chi connectivity index (χ3v) is 4.97. The Balaban J connectivity index is 1.61. The Labute approximate surface area is 131 Å². The minimum Gasteiger partial charge on any atom is -0.368 e. The molecule has 3 aromatic rings. The normalized spacial score (nSPS) is 10.9. The van der Waals surface area contributed by atoms with Crippen molar-refractivity contribution < 1.29 is 0 Å². The summed E-state index contributed by atoms with van der Waals surface area (Å²) in [5.41, 5.74) is 8.01. The van der Waals surface area contributed by atoms with E-state index in [1.807, 2.05) is 13.1 Å². The van der Waals surface area contributed by atoms with Crippen LogP contribution in [0.5, 0.6) is 0 Å². The van der Waals surface area contributed by atoms with Gasteiger partial charge in [0.1, 0.15) is 0 Å². The topological polar surface area (TPSA) is 69.6 Å². The molecule has 0 bridgehead atoms. The van der Waals surface area contributed by atoms with Crippen LogP contribution in [0.1, 0.15) is 16.3 Å². The zero-order valence-corrected chi connectivity index (χ0v) is 13.2. The first-order valence-corrected chi connectivity index (χ1v) is 8.34. The highest BCUT2D eigenvalue weighted by Gasteiger charge is 2.08. The first-order valence-electron chi connectivity index (χ1n) is 6.47. The van der Waals surface area contributed by atoms with E-state index in [0.717, 1.165) is 28.0 Å². The van der Waals surface area contributed by atoms with Crippen LogP contribution in [0.25, 0.3) is 0 Å². The van der Waals surface area contributed by atoms with Gasteiger partial charge in [-0.2, -0.15) is 0 Å². The molecular formula is C14H15N5S2. The van der Waals surface area contributed by atoms with Crippen LogP contribution in [-0.2, 0) is 19.2 Å². The number of nitrogens with two attached hydrogens (primary N) is 1. The molecule has 0 saturated heterocycles. The minimum absolute atomic E-state index is 0.431. The van der Waals surface area contributed by atoms with Crippen molar-refractivity contribution in [2.75, 3.05) is 5.73 Å². The van der Waals surface area contributed by atoms with Crippen LogP contribution in [0.3, 0.4) is 0 Å². The van der Waals surface area contributed by atoms with Crippen molar-refractivity contribution in [3.05, 3.63) is 52.0 Å². The average molecular weight is 317 g/mol. The van der Waals surface area contributed by atoms with Gasteiger partial charge in [0.25, 0.3) is 0 Å². The molecule has 21 heavy (non-hydrogen) atoms. The van der Waals surface area contributed by atoms with Crippen molar-refractivity contribution in [1.82, 2.24) is 19.7 Å². The number of anilines is 1. The molecule has 0 spiro atoms. The van der Waals surface area contributed by atoms with Gasteiger partial charge in [0.15, 0.2) is 5.16 Å². The molecular weight excluding hydrogens is 302 g/mol. The van der Waals surface area contributed by atoms with Crippen molar-refractivity contribution in [1.29, 1.82) is 0 Å². The summed E-state index contributed by atoms with van der Waals surface area (Å²) in [5.74, 6) is 1.21. The Morgan fingerprint density at radius 3 is 2.76 bits per heavy atom. The van der Waals surface area contributed by atoms with Gasteiger partial charge in [-0.1, -0.05) is 42.1 Å². The van der Waals surface area contributed by atoms with Crippen molar-refractivity contribution in [2.24, 2.45) is 7.05 Å². The minimum atomic E-state index is 0.431. The molecule has 0 aliphatic heterocycles. The lowest BCUT2D eigenvalue weighted by molar-refractivity contribution is 0.795. The predicted molar refractivity (Wildman–Crippen MR) is 86.3 cm³/mol. The number of hydrogen-bond donors (Lipinski definition) is 1. The third-order valence-electron chi connectivity index (χ3n) is 3.02. The van der Waals surface area contributed by atoms with E-state index in [0.29, 0.717) is 5.95 Å². The quantitative estimate of drug-likeness (QED) is 0.733. The molecule has 0 aliphatic carbocycles. The van der Waals surface area contributed by atoms with Gasteiger partial charge in [-0.05, 0) is 5.56 Å². The van der Waals surface area contributed by atoms with Crippen molar-refractivity contribution in [2.45, 2.75) is 17.3 Å². The van der Waals surface area contributed by atoms with Gasteiger partial charge < -0.3 is 5.73 Å². The van der Waals surface area contributed by atoms with E-state index in [1.165, 1.54) is 5.56 Å². The largest absolute Gasteiger partial charge is 0.368 e. The molecule has 0 saturated carbocycles. The zero-order valence-electron chi connectivity index (χ0n) is 11.6. The second kappa shape index (κ2) is 6.28. The molecule has 0 fully saturated rings. The fraction of sp³-hybridized carbons (Fsp3) is 0.214. The molecule has 0 atom stereocenters. The predicted octanol–water partition coefficient (Wildman–Crippen LogP) is 2.74. The standard InChI is InChI=1S/C14H15N5S2/c1-19-13(15)17-18-14(19)21-9-11-8-20-12(16-11)7-10-5-3-2-4-6-10/h2-6,8H,7,9H2,1H3,(H2,15,17). The number of benzene rings is 1. The number of rotatable bonds is 5. The van der Waals surface area contributed by atoms with Crippen LogP contribution in [0.15, 0.2) is 40.9 Å². The summed E-state index contributed by atoms with van der Waals surface area (Å²) in [5, 5.41) is 11.9. The number of thiazole rings is 1. The number of aromatic nitrogens is 4. The molecule has 108 valence electrons. The maximum atomic E-state index is 5.66. The Morgan fingerprint density at radius 1 is 1.24 bits per heavy atom. The highest BCUT2D eigenvalue weighted by molar-refractivity contribution is 7.98. The average Bonchev–Trinajstić information content (AvgIpc) is 3.07. The second-order valence-electron chi connectivity index (χ2n) is 4.58.